The van der Waals surface area contributed by atoms with Crippen LogP contribution in [-0.2, 0) is 10.1 Å². The van der Waals surface area contributed by atoms with Crippen LogP contribution in [0.1, 0.15) is 0 Å². The summed E-state index contributed by atoms with van der Waals surface area (Å²) < 4.78 is 36.2. The molecule has 0 fully saturated rings. The number of methoxy groups -OCH3 is 2. The van der Waals surface area contributed by atoms with Crippen LogP contribution in [0.2, 0.25) is 0 Å². The molecule has 0 amide bonds. The molecule has 0 N–H and O–H groups in total. The first-order chi connectivity index (χ1) is 6.96. The van der Waals surface area contributed by atoms with E-state index in [9.17, 15) is 8.42 Å². The molecule has 0 aliphatic heterocycles. The van der Waals surface area contributed by atoms with Gasteiger partial charge in [0.15, 0.2) is 17.2 Å². The zero-order valence-electron chi connectivity index (χ0n) is 8.60. The number of ether oxygens (including phenoxy) is 2. The summed E-state index contributed by atoms with van der Waals surface area (Å²) in [5, 5.41) is 0. The maximum Gasteiger partial charge on any atom is 0.306 e. The minimum absolute atomic E-state index is 0.0650. The minimum atomic E-state index is -3.55. The van der Waals surface area contributed by atoms with E-state index < -0.39 is 10.1 Å². The molecule has 1 radical (unpaired) electrons. The van der Waals surface area contributed by atoms with Crippen LogP contribution in [0.4, 0.5) is 0 Å². The van der Waals surface area contributed by atoms with Gasteiger partial charge < -0.3 is 13.7 Å². The fraction of sp³-hybridized carbons (Fsp3) is 0.333. The third-order valence-electron chi connectivity index (χ3n) is 1.51. The fourth-order valence-electron chi connectivity index (χ4n) is 0.966. The van der Waals surface area contributed by atoms with Crippen molar-refractivity contribution in [3.8, 4) is 17.2 Å². The smallest absolute Gasteiger partial charge is 0.306 e. The van der Waals surface area contributed by atoms with Gasteiger partial charge in [0.1, 0.15) is 0 Å². The molecule has 5 nitrogen and oxygen atoms in total. The van der Waals surface area contributed by atoms with Crippen molar-refractivity contribution in [1.29, 1.82) is 0 Å². The van der Waals surface area contributed by atoms with E-state index >= 15 is 0 Å². The van der Waals surface area contributed by atoms with Crippen molar-refractivity contribution in [1.82, 2.24) is 0 Å². The molecule has 1 rings (SSSR count). The van der Waals surface area contributed by atoms with Crippen LogP contribution in [0.3, 0.4) is 0 Å². The molecule has 1 aromatic rings. The lowest BCUT2D eigenvalue weighted by molar-refractivity contribution is 0.352. The third-order valence-corrected chi connectivity index (χ3v) is 1.99. The Balaban J connectivity index is 3.03. The number of rotatable bonds is 4. The van der Waals surface area contributed by atoms with Gasteiger partial charge in [-0.3, -0.25) is 0 Å². The molecule has 0 aromatic heterocycles. The molecule has 0 saturated carbocycles. The van der Waals surface area contributed by atoms with E-state index in [1.807, 2.05) is 0 Å². The summed E-state index contributed by atoms with van der Waals surface area (Å²) in [6.07, 6.45) is 0.956. The Kier molecular flexibility index (Phi) is 3.41. The molecule has 1 aromatic carbocycles. The van der Waals surface area contributed by atoms with Crippen LogP contribution in [-0.4, -0.2) is 28.9 Å². The van der Waals surface area contributed by atoms with E-state index in [2.05, 4.69) is 10.2 Å². The van der Waals surface area contributed by atoms with Gasteiger partial charge in [0.25, 0.3) is 0 Å². The number of benzene rings is 1. The first kappa shape index (κ1) is 11.6. The molecule has 6 heteroatoms. The molecule has 0 heterocycles. The summed E-state index contributed by atoms with van der Waals surface area (Å²) in [5.41, 5.74) is 0. The van der Waals surface area contributed by atoms with Crippen molar-refractivity contribution < 1.29 is 22.1 Å². The average Bonchev–Trinajstić information content (AvgIpc) is 2.15. The summed E-state index contributed by atoms with van der Waals surface area (Å²) in [6, 6.07) is 5.59. The Morgan fingerprint density at radius 2 is 1.87 bits per heavy atom. The molecule has 15 heavy (non-hydrogen) atoms. The zero-order chi connectivity index (χ0) is 11.5. The largest absolute Gasteiger partial charge is 0.493 e. The lowest BCUT2D eigenvalue weighted by atomic mass is 10.3. The van der Waals surface area contributed by atoms with Crippen molar-refractivity contribution in [2.24, 2.45) is 0 Å². The van der Waals surface area contributed by atoms with Gasteiger partial charge in [-0.1, -0.05) is 0 Å². The maximum absolute atomic E-state index is 10.8. The minimum Gasteiger partial charge on any atom is -0.493 e. The van der Waals surface area contributed by atoms with Crippen molar-refractivity contribution >= 4 is 10.1 Å². The van der Waals surface area contributed by atoms with Crippen molar-refractivity contribution in [2.45, 2.75) is 0 Å². The highest BCUT2D eigenvalue weighted by Crippen LogP contribution is 2.30. The van der Waals surface area contributed by atoms with Gasteiger partial charge in [0, 0.05) is 0 Å². The van der Waals surface area contributed by atoms with E-state index in [0.29, 0.717) is 11.5 Å². The van der Waals surface area contributed by atoms with E-state index in [-0.39, 0.29) is 5.75 Å². The fourth-order valence-corrected chi connectivity index (χ4v) is 1.39. The van der Waals surface area contributed by atoms with E-state index in [1.165, 1.54) is 26.4 Å². The normalized spacial score (nSPS) is 10.9. The lowest BCUT2D eigenvalue weighted by Crippen LogP contribution is -2.06. The molecule has 0 aliphatic carbocycles. The van der Waals surface area contributed by atoms with Crippen LogP contribution < -0.4 is 13.7 Å². The highest BCUT2D eigenvalue weighted by molar-refractivity contribution is 7.86. The molecular formula is C9H11O5S. The Bertz CT molecular complexity index is 438. The SMILES string of the molecule is COc1[c]c(OS(C)(=O)=O)ccc1OC. The quantitative estimate of drug-likeness (QED) is 0.719. The Morgan fingerprint density at radius 3 is 2.33 bits per heavy atom. The summed E-state index contributed by atoms with van der Waals surface area (Å²) >= 11 is 0. The zero-order valence-corrected chi connectivity index (χ0v) is 9.42. The van der Waals surface area contributed by atoms with Crippen LogP contribution in [0, 0.1) is 6.07 Å². The molecule has 0 aliphatic rings. The van der Waals surface area contributed by atoms with Gasteiger partial charge >= 0.3 is 10.1 Å². The van der Waals surface area contributed by atoms with Crippen LogP contribution >= 0.6 is 0 Å². The van der Waals surface area contributed by atoms with Gasteiger partial charge in [-0.05, 0) is 12.1 Å². The van der Waals surface area contributed by atoms with E-state index in [0.717, 1.165) is 6.26 Å². The van der Waals surface area contributed by atoms with Crippen LogP contribution in [0.15, 0.2) is 12.1 Å². The third kappa shape index (κ3) is 3.32. The van der Waals surface area contributed by atoms with Gasteiger partial charge in [0.2, 0.25) is 0 Å². The van der Waals surface area contributed by atoms with Gasteiger partial charge in [-0.25, -0.2) is 0 Å². The highest BCUT2D eigenvalue weighted by atomic mass is 32.2. The van der Waals surface area contributed by atoms with Crippen molar-refractivity contribution in [2.75, 3.05) is 20.5 Å². The number of hydrogen-bond donors (Lipinski definition) is 0. The summed E-state index contributed by atoms with van der Waals surface area (Å²) in [5.74, 6) is 0.812. The van der Waals surface area contributed by atoms with E-state index in [1.54, 1.807) is 0 Å². The topological polar surface area (TPSA) is 61.8 Å². The van der Waals surface area contributed by atoms with Crippen molar-refractivity contribution in [3.05, 3.63) is 18.2 Å². The average molecular weight is 231 g/mol. The first-order valence-corrected chi connectivity index (χ1v) is 5.81. The lowest BCUT2D eigenvalue weighted by Gasteiger charge is -2.08. The second-order valence-electron chi connectivity index (χ2n) is 2.71. The Labute approximate surface area is 88.7 Å². The maximum atomic E-state index is 10.8. The first-order valence-electron chi connectivity index (χ1n) is 4.00. The molecule has 0 atom stereocenters. The number of hydrogen-bond acceptors (Lipinski definition) is 5. The predicted molar refractivity (Wildman–Crippen MR) is 53.9 cm³/mol. The van der Waals surface area contributed by atoms with Crippen molar-refractivity contribution in [3.63, 3.8) is 0 Å². The van der Waals surface area contributed by atoms with Crippen LogP contribution in [0.5, 0.6) is 17.2 Å². The van der Waals surface area contributed by atoms with E-state index in [4.69, 9.17) is 9.47 Å². The predicted octanol–water partition coefficient (Wildman–Crippen LogP) is 0.842. The monoisotopic (exact) mass is 231 g/mol. The summed E-state index contributed by atoms with van der Waals surface area (Å²) in [7, 11) is -0.645. The molecule has 0 spiro atoms. The molecule has 83 valence electrons. The second kappa shape index (κ2) is 4.39. The summed E-state index contributed by atoms with van der Waals surface area (Å²) in [6.45, 7) is 0. The van der Waals surface area contributed by atoms with Gasteiger partial charge in [-0.15, -0.1) is 0 Å². The van der Waals surface area contributed by atoms with Crippen LogP contribution in [0.25, 0.3) is 0 Å². The second-order valence-corrected chi connectivity index (χ2v) is 4.29. The summed E-state index contributed by atoms with van der Waals surface area (Å²) in [4.78, 5) is 0. The molecular weight excluding hydrogens is 220 g/mol. The molecule has 0 bridgehead atoms. The highest BCUT2D eigenvalue weighted by Gasteiger charge is 2.09. The Hall–Kier alpha value is -1.43. The standard InChI is InChI=1S/C9H11O5S/c1-12-8-5-4-7(6-9(8)13-2)14-15(3,10)11/h4-5H,1-3H3. The molecule has 0 saturated heterocycles. The molecule has 0 unspecified atom stereocenters. The van der Waals surface area contributed by atoms with Gasteiger partial charge in [-0.2, -0.15) is 8.42 Å². The van der Waals surface area contributed by atoms with Gasteiger partial charge in [0.05, 0.1) is 26.5 Å². The Morgan fingerprint density at radius 1 is 1.20 bits per heavy atom.